The van der Waals surface area contributed by atoms with Crippen molar-refractivity contribution in [1.82, 2.24) is 14.8 Å². The van der Waals surface area contributed by atoms with Gasteiger partial charge in [0.05, 0.1) is 15.8 Å². The summed E-state index contributed by atoms with van der Waals surface area (Å²) < 4.78 is 54.5. The highest BCUT2D eigenvalue weighted by atomic mass is 32.2. The number of carbonyl (C=O) groups excluding carboxylic acids is 2. The molecule has 0 aliphatic carbocycles. The molecule has 0 heterocycles. The van der Waals surface area contributed by atoms with Gasteiger partial charge >= 0.3 is 12.1 Å². The largest absolute Gasteiger partial charge is 0.333 e. The Kier molecular flexibility index (Phi) is 9.28. The number of sulfonamides is 2. The maximum atomic E-state index is 12.8. The molecule has 12 heteroatoms. The molecule has 0 spiro atoms. The van der Waals surface area contributed by atoms with Gasteiger partial charge in [-0.25, -0.2) is 35.9 Å². The van der Waals surface area contributed by atoms with Crippen LogP contribution < -0.4 is 20.1 Å². The molecule has 4 rings (SSSR count). The first-order valence-electron chi connectivity index (χ1n) is 12.9. The van der Waals surface area contributed by atoms with E-state index in [1.165, 1.54) is 24.3 Å². The topological polar surface area (TPSA) is 151 Å². The molecule has 0 fully saturated rings. The first-order chi connectivity index (χ1) is 19.9. The van der Waals surface area contributed by atoms with E-state index in [1.54, 1.807) is 48.5 Å². The van der Waals surface area contributed by atoms with Gasteiger partial charge in [0.15, 0.2) is 0 Å². The second-order valence-electron chi connectivity index (χ2n) is 9.63. The summed E-state index contributed by atoms with van der Waals surface area (Å²) in [6.07, 6.45) is 0.348. The highest BCUT2D eigenvalue weighted by Gasteiger charge is 2.22. The van der Waals surface area contributed by atoms with Gasteiger partial charge in [-0.1, -0.05) is 77.9 Å². The molecule has 0 saturated carbocycles. The molecule has 218 valence electrons. The fourth-order valence-electron chi connectivity index (χ4n) is 4.04. The number of urea groups is 2. The van der Waals surface area contributed by atoms with E-state index in [2.05, 4.69) is 15.4 Å². The number of nitrogens with one attached hydrogen (secondary N) is 4. The number of aryl methyl sites for hydroxylation is 2. The van der Waals surface area contributed by atoms with Crippen LogP contribution in [0, 0.1) is 13.8 Å². The lowest BCUT2D eigenvalue weighted by Gasteiger charge is -2.20. The zero-order valence-electron chi connectivity index (χ0n) is 22.9. The highest BCUT2D eigenvalue weighted by Crippen LogP contribution is 2.21. The number of rotatable bonds is 9. The monoisotopic (exact) mass is 606 g/mol. The first kappa shape index (κ1) is 30.3. The van der Waals surface area contributed by atoms with Gasteiger partial charge in [0.1, 0.15) is 0 Å². The van der Waals surface area contributed by atoms with Crippen molar-refractivity contribution in [2.45, 2.75) is 36.1 Å². The van der Waals surface area contributed by atoms with Gasteiger partial charge in [0.25, 0.3) is 20.0 Å². The molecule has 1 atom stereocenters. The average Bonchev–Trinajstić information content (AvgIpc) is 2.93. The van der Waals surface area contributed by atoms with Crippen LogP contribution in [-0.4, -0.2) is 28.9 Å². The molecule has 0 saturated heterocycles. The molecular formula is C30H30N4O6S2. The Hall–Kier alpha value is -4.68. The third-order valence-corrected chi connectivity index (χ3v) is 8.97. The summed E-state index contributed by atoms with van der Waals surface area (Å²) in [6, 6.07) is 25.4. The van der Waals surface area contributed by atoms with E-state index in [1.807, 2.05) is 48.9 Å². The Balaban J connectivity index is 1.46. The van der Waals surface area contributed by atoms with Crippen LogP contribution in [0.2, 0.25) is 0 Å². The molecule has 0 bridgehead atoms. The summed E-state index contributed by atoms with van der Waals surface area (Å²) >= 11 is 0. The van der Waals surface area contributed by atoms with Crippen molar-refractivity contribution in [1.29, 1.82) is 0 Å². The van der Waals surface area contributed by atoms with Gasteiger partial charge in [-0.2, -0.15) is 0 Å². The molecule has 4 amide bonds. The van der Waals surface area contributed by atoms with E-state index < -0.39 is 38.2 Å². The highest BCUT2D eigenvalue weighted by molar-refractivity contribution is 7.90. The normalized spacial score (nSPS) is 12.1. The quantitative estimate of drug-likeness (QED) is 0.215. The molecular weight excluding hydrogens is 576 g/mol. The number of amides is 4. The molecule has 4 aromatic carbocycles. The van der Waals surface area contributed by atoms with Gasteiger partial charge in [0, 0.05) is 5.69 Å². The van der Waals surface area contributed by atoms with Gasteiger partial charge in [-0.3, -0.25) is 0 Å². The lowest BCUT2D eigenvalue weighted by Crippen LogP contribution is -2.41. The predicted octanol–water partition coefficient (Wildman–Crippen LogP) is 4.79. The minimum atomic E-state index is -4.10. The van der Waals surface area contributed by atoms with Crippen LogP contribution in [0.1, 0.15) is 28.3 Å². The van der Waals surface area contributed by atoms with E-state index in [0.717, 1.165) is 16.7 Å². The van der Waals surface area contributed by atoms with Crippen LogP contribution in [0.15, 0.2) is 113 Å². The summed E-state index contributed by atoms with van der Waals surface area (Å²) in [7, 11) is -8.17. The zero-order valence-corrected chi connectivity index (χ0v) is 24.5. The Morgan fingerprint density at radius 1 is 0.619 bits per heavy atom. The van der Waals surface area contributed by atoms with E-state index in [-0.39, 0.29) is 9.79 Å². The molecule has 1 unspecified atom stereocenters. The molecule has 0 aliphatic heterocycles. The van der Waals surface area contributed by atoms with E-state index in [0.29, 0.717) is 17.7 Å². The van der Waals surface area contributed by atoms with Crippen molar-refractivity contribution in [3.8, 4) is 0 Å². The van der Waals surface area contributed by atoms with Gasteiger partial charge in [-0.05, 0) is 67.8 Å². The molecule has 4 N–H and O–H groups in total. The first-order valence-corrected chi connectivity index (χ1v) is 15.8. The number of hydrogen-bond donors (Lipinski definition) is 4. The summed E-state index contributed by atoms with van der Waals surface area (Å²) in [5.74, 6) is 0. The van der Waals surface area contributed by atoms with Crippen LogP contribution in [0.3, 0.4) is 0 Å². The fourth-order valence-corrected chi connectivity index (χ4v) is 5.86. The third-order valence-electron chi connectivity index (χ3n) is 6.28. The van der Waals surface area contributed by atoms with Crippen LogP contribution in [0.5, 0.6) is 0 Å². The van der Waals surface area contributed by atoms with E-state index >= 15 is 0 Å². The second-order valence-corrected chi connectivity index (χ2v) is 13.0. The second kappa shape index (κ2) is 12.9. The summed E-state index contributed by atoms with van der Waals surface area (Å²) in [6.45, 7) is 3.64. The lowest BCUT2D eigenvalue weighted by molar-refractivity contribution is 0.242. The van der Waals surface area contributed by atoms with Crippen LogP contribution >= 0.6 is 0 Å². The molecule has 0 aromatic heterocycles. The van der Waals surface area contributed by atoms with Crippen molar-refractivity contribution < 1.29 is 26.4 Å². The number of anilines is 1. The van der Waals surface area contributed by atoms with Crippen molar-refractivity contribution >= 4 is 37.8 Å². The Morgan fingerprint density at radius 2 is 1.10 bits per heavy atom. The molecule has 4 aromatic rings. The predicted molar refractivity (Wildman–Crippen MR) is 160 cm³/mol. The SMILES string of the molecule is Cc1ccc(S(=O)(=O)NC(=O)Nc2ccc(C(Cc3ccccc3)NC(=O)NS(=O)(=O)c3ccc(C)cc3)cc2)cc1. The number of benzene rings is 4. The van der Waals surface area contributed by atoms with Crippen molar-refractivity contribution in [2.24, 2.45) is 0 Å². The lowest BCUT2D eigenvalue weighted by atomic mass is 9.98. The Morgan fingerprint density at radius 3 is 1.60 bits per heavy atom. The smallest absolute Gasteiger partial charge is 0.330 e. The maximum Gasteiger partial charge on any atom is 0.333 e. The zero-order chi connectivity index (χ0) is 30.3. The molecule has 42 heavy (non-hydrogen) atoms. The minimum absolute atomic E-state index is 0.0408. The Bertz CT molecular complexity index is 1760. The summed E-state index contributed by atoms with van der Waals surface area (Å²) in [5.41, 5.74) is 3.58. The standard InChI is InChI=1S/C30H30N4O6S2/c1-21-8-16-26(17-9-21)41(37,38)33-29(35)31-25-14-12-24(13-15-25)28(20-23-6-4-3-5-7-23)32-30(36)34-42(39,40)27-18-10-22(2)11-19-27/h3-19,28H,20H2,1-2H3,(H2,31,33,35)(H2,32,34,36). The van der Waals surface area contributed by atoms with Crippen LogP contribution in [-0.2, 0) is 26.5 Å². The third kappa shape index (κ3) is 8.18. The Labute approximate surface area is 245 Å². The average molecular weight is 607 g/mol. The van der Waals surface area contributed by atoms with E-state index in [4.69, 9.17) is 0 Å². The molecule has 0 aliphatic rings. The van der Waals surface area contributed by atoms with Gasteiger partial charge in [-0.15, -0.1) is 0 Å². The van der Waals surface area contributed by atoms with Crippen LogP contribution in [0.25, 0.3) is 0 Å². The molecule has 10 nitrogen and oxygen atoms in total. The molecule has 0 radical (unpaired) electrons. The van der Waals surface area contributed by atoms with Crippen LogP contribution in [0.4, 0.5) is 15.3 Å². The van der Waals surface area contributed by atoms with E-state index in [9.17, 15) is 26.4 Å². The van der Waals surface area contributed by atoms with Crippen molar-refractivity contribution in [3.05, 3.63) is 125 Å². The van der Waals surface area contributed by atoms with Gasteiger partial charge < -0.3 is 10.6 Å². The van der Waals surface area contributed by atoms with Crippen molar-refractivity contribution in [3.63, 3.8) is 0 Å². The number of hydrogen-bond acceptors (Lipinski definition) is 6. The minimum Gasteiger partial charge on any atom is -0.330 e. The fraction of sp³-hybridized carbons (Fsp3) is 0.133. The van der Waals surface area contributed by atoms with Crippen molar-refractivity contribution in [2.75, 3.05) is 5.32 Å². The number of carbonyl (C=O) groups is 2. The summed E-state index contributed by atoms with van der Waals surface area (Å²) in [4.78, 5) is 25.2. The summed E-state index contributed by atoms with van der Waals surface area (Å²) in [5, 5.41) is 5.20. The van der Waals surface area contributed by atoms with Gasteiger partial charge in [0.2, 0.25) is 0 Å². The maximum absolute atomic E-state index is 12.8.